The molecule has 1 aliphatic rings. The van der Waals surface area contributed by atoms with Crippen molar-refractivity contribution >= 4 is 5.91 Å². The van der Waals surface area contributed by atoms with E-state index >= 15 is 0 Å². The van der Waals surface area contributed by atoms with Crippen LogP contribution in [0.5, 0.6) is 0 Å². The highest BCUT2D eigenvalue weighted by Crippen LogP contribution is 2.33. The highest BCUT2D eigenvalue weighted by molar-refractivity contribution is 5.93. The zero-order chi connectivity index (χ0) is 18.9. The second-order valence-corrected chi connectivity index (χ2v) is 6.26. The predicted octanol–water partition coefficient (Wildman–Crippen LogP) is 2.42. The number of carbonyl (C=O) groups excluding carboxylic acids is 1. The van der Waals surface area contributed by atoms with Crippen LogP contribution in [-0.4, -0.2) is 33.0 Å². The van der Waals surface area contributed by atoms with Crippen molar-refractivity contribution in [3.8, 4) is 5.69 Å². The normalized spacial score (nSPS) is 20.8. The number of alkyl halides is 3. The van der Waals surface area contributed by atoms with Crippen LogP contribution in [0.3, 0.4) is 0 Å². The summed E-state index contributed by atoms with van der Waals surface area (Å²) in [5.41, 5.74) is 3.43. The van der Waals surface area contributed by atoms with Crippen molar-refractivity contribution in [3.63, 3.8) is 0 Å². The van der Waals surface area contributed by atoms with Gasteiger partial charge in [-0.3, -0.25) is 4.79 Å². The predicted molar refractivity (Wildman–Crippen MR) is 84.0 cm³/mol. The van der Waals surface area contributed by atoms with E-state index in [-0.39, 0.29) is 17.8 Å². The Morgan fingerprint density at radius 1 is 1.23 bits per heavy atom. The van der Waals surface area contributed by atoms with Crippen LogP contribution in [0.4, 0.5) is 17.6 Å². The zero-order valence-corrected chi connectivity index (χ0v) is 13.6. The first-order valence-corrected chi connectivity index (χ1v) is 8.11. The molecule has 140 valence electrons. The highest BCUT2D eigenvalue weighted by atomic mass is 19.4. The van der Waals surface area contributed by atoms with E-state index in [2.05, 4.69) is 15.6 Å². The van der Waals surface area contributed by atoms with Crippen LogP contribution in [0.15, 0.2) is 24.3 Å². The summed E-state index contributed by atoms with van der Waals surface area (Å²) >= 11 is 0. The summed E-state index contributed by atoms with van der Waals surface area (Å²) in [5, 5.41) is 9.38. The van der Waals surface area contributed by atoms with Gasteiger partial charge in [-0.2, -0.15) is 13.2 Å². The van der Waals surface area contributed by atoms with E-state index in [0.29, 0.717) is 30.4 Å². The fraction of sp³-hybridized carbons (Fsp3) is 0.438. The maximum atomic E-state index is 13.5. The van der Waals surface area contributed by atoms with Crippen LogP contribution >= 0.6 is 0 Å². The molecule has 1 saturated carbocycles. The van der Waals surface area contributed by atoms with Crippen LogP contribution in [0, 0.1) is 5.82 Å². The number of carbonyl (C=O) groups is 1. The van der Waals surface area contributed by atoms with Gasteiger partial charge in [0.2, 0.25) is 0 Å². The van der Waals surface area contributed by atoms with Crippen LogP contribution in [-0.2, 0) is 6.18 Å². The molecule has 3 N–H and O–H groups in total. The second kappa shape index (κ2) is 7.02. The molecule has 0 unspecified atom stereocenters. The van der Waals surface area contributed by atoms with Gasteiger partial charge in [0.1, 0.15) is 5.82 Å². The maximum absolute atomic E-state index is 13.5. The monoisotopic (exact) mass is 371 g/mol. The Kier molecular flexibility index (Phi) is 4.94. The second-order valence-electron chi connectivity index (χ2n) is 6.26. The van der Waals surface area contributed by atoms with Crippen LogP contribution < -0.4 is 11.1 Å². The number of aromatic nitrogens is 3. The van der Waals surface area contributed by atoms with Crippen molar-refractivity contribution in [3.05, 3.63) is 41.5 Å². The minimum absolute atomic E-state index is 0.0442. The molecule has 0 atom stereocenters. The molecule has 1 fully saturated rings. The SMILES string of the molecule is NC1CCC(NC(=O)c2nnn(-c3cccc(F)c3)c2C(F)(F)F)CC1. The Bertz CT molecular complexity index is 796. The number of hydrogen-bond acceptors (Lipinski definition) is 4. The van der Waals surface area contributed by atoms with E-state index in [9.17, 15) is 22.4 Å². The Morgan fingerprint density at radius 2 is 1.92 bits per heavy atom. The summed E-state index contributed by atoms with van der Waals surface area (Å²) in [5.74, 6) is -1.68. The van der Waals surface area contributed by atoms with Gasteiger partial charge in [-0.05, 0) is 43.9 Å². The lowest BCUT2D eigenvalue weighted by atomic mass is 9.92. The molecule has 6 nitrogen and oxygen atoms in total. The molecular formula is C16H17F4N5O. The van der Waals surface area contributed by atoms with Gasteiger partial charge in [0.05, 0.1) is 5.69 Å². The van der Waals surface area contributed by atoms with Crippen molar-refractivity contribution in [2.24, 2.45) is 5.73 Å². The molecule has 0 aliphatic heterocycles. The van der Waals surface area contributed by atoms with E-state index in [4.69, 9.17) is 5.73 Å². The first kappa shape index (κ1) is 18.3. The molecule has 0 spiro atoms. The first-order valence-electron chi connectivity index (χ1n) is 8.11. The van der Waals surface area contributed by atoms with Gasteiger partial charge >= 0.3 is 6.18 Å². The van der Waals surface area contributed by atoms with Crippen LogP contribution in [0.2, 0.25) is 0 Å². The van der Waals surface area contributed by atoms with E-state index in [1.807, 2.05) is 0 Å². The third-order valence-corrected chi connectivity index (χ3v) is 4.31. The molecule has 10 heteroatoms. The molecule has 1 aromatic heterocycles. The fourth-order valence-corrected chi connectivity index (χ4v) is 3.00. The van der Waals surface area contributed by atoms with Crippen molar-refractivity contribution in [1.82, 2.24) is 20.3 Å². The Hall–Kier alpha value is -2.49. The molecule has 26 heavy (non-hydrogen) atoms. The molecule has 1 amide bonds. The average molecular weight is 371 g/mol. The summed E-state index contributed by atoms with van der Waals surface area (Å²) in [6.07, 6.45) is -2.34. The van der Waals surface area contributed by atoms with Crippen LogP contribution in [0.1, 0.15) is 41.9 Å². The molecular weight excluding hydrogens is 354 g/mol. The lowest BCUT2D eigenvalue weighted by molar-refractivity contribution is -0.143. The first-order chi connectivity index (χ1) is 12.3. The average Bonchev–Trinajstić information content (AvgIpc) is 3.02. The Labute approximate surface area is 146 Å². The highest BCUT2D eigenvalue weighted by Gasteiger charge is 2.42. The number of nitrogens with one attached hydrogen (secondary N) is 1. The summed E-state index contributed by atoms with van der Waals surface area (Å²) < 4.78 is 54.4. The molecule has 1 aliphatic carbocycles. The number of rotatable bonds is 3. The fourth-order valence-electron chi connectivity index (χ4n) is 3.00. The number of nitrogens with zero attached hydrogens (tertiary/aromatic N) is 3. The van der Waals surface area contributed by atoms with Crippen molar-refractivity contribution in [2.75, 3.05) is 0 Å². The summed E-state index contributed by atoms with van der Waals surface area (Å²) in [6.45, 7) is 0. The number of halogens is 4. The smallest absolute Gasteiger partial charge is 0.348 e. The quantitative estimate of drug-likeness (QED) is 0.812. The Morgan fingerprint density at radius 3 is 2.54 bits per heavy atom. The van der Waals surface area contributed by atoms with Gasteiger partial charge in [-0.1, -0.05) is 11.3 Å². The Balaban J connectivity index is 1.91. The number of hydrogen-bond donors (Lipinski definition) is 2. The topological polar surface area (TPSA) is 85.8 Å². The summed E-state index contributed by atoms with van der Waals surface area (Å²) in [7, 11) is 0. The standard InChI is InChI=1S/C16H17F4N5O/c17-9-2-1-3-12(8-9)25-14(16(18,19)20)13(23-24-25)15(26)22-11-6-4-10(21)5-7-11/h1-3,8,10-11H,4-7,21H2,(H,22,26). The molecule has 0 bridgehead atoms. The van der Waals surface area contributed by atoms with Crippen molar-refractivity contribution in [2.45, 2.75) is 43.9 Å². The molecule has 0 saturated heterocycles. The van der Waals surface area contributed by atoms with Gasteiger partial charge in [0.25, 0.3) is 5.91 Å². The lowest BCUT2D eigenvalue weighted by Crippen LogP contribution is -2.41. The largest absolute Gasteiger partial charge is 0.435 e. The lowest BCUT2D eigenvalue weighted by Gasteiger charge is -2.26. The minimum Gasteiger partial charge on any atom is -0.348 e. The molecule has 2 aromatic rings. The number of nitrogens with two attached hydrogens (primary N) is 1. The summed E-state index contributed by atoms with van der Waals surface area (Å²) in [4.78, 5) is 12.3. The van der Waals surface area contributed by atoms with Gasteiger partial charge in [-0.25, -0.2) is 9.07 Å². The van der Waals surface area contributed by atoms with Gasteiger partial charge < -0.3 is 11.1 Å². The maximum Gasteiger partial charge on any atom is 0.435 e. The zero-order valence-electron chi connectivity index (χ0n) is 13.6. The van der Waals surface area contributed by atoms with Crippen molar-refractivity contribution in [1.29, 1.82) is 0 Å². The van der Waals surface area contributed by atoms with Gasteiger partial charge in [-0.15, -0.1) is 5.10 Å². The molecule has 3 rings (SSSR count). The van der Waals surface area contributed by atoms with E-state index in [1.54, 1.807) is 0 Å². The summed E-state index contributed by atoms with van der Waals surface area (Å²) in [6, 6.07) is 4.25. The van der Waals surface area contributed by atoms with E-state index < -0.39 is 29.3 Å². The van der Waals surface area contributed by atoms with E-state index in [1.165, 1.54) is 12.1 Å². The molecule has 0 radical (unpaired) electrons. The van der Waals surface area contributed by atoms with Gasteiger partial charge in [0, 0.05) is 12.1 Å². The number of benzene rings is 1. The molecule has 1 aromatic carbocycles. The number of amides is 1. The third-order valence-electron chi connectivity index (χ3n) is 4.31. The molecule has 1 heterocycles. The van der Waals surface area contributed by atoms with E-state index in [0.717, 1.165) is 12.1 Å². The van der Waals surface area contributed by atoms with Crippen molar-refractivity contribution < 1.29 is 22.4 Å². The minimum atomic E-state index is -4.89. The third kappa shape index (κ3) is 3.85. The van der Waals surface area contributed by atoms with Gasteiger partial charge in [0.15, 0.2) is 11.4 Å². The van der Waals surface area contributed by atoms with Crippen LogP contribution in [0.25, 0.3) is 5.69 Å².